The maximum absolute atomic E-state index is 4.48. The standard InChI is InChI=1S/C48H46N4/c1-5-17-37(18-6-1)43-44(38-19-7-2-8-20-38)51-48(50-43)42-32-34-16-13-15-33-27-29-35(25-14-26-36(42)30-28-34)41(31-33)47-49-45(39-21-9-3-10-22-39)46(52(47)48)40-23-11-4-12-24-40/h1-12,17-24,27-32,43-47,49-51H,13-16,25-26H2. The van der Waals surface area contributed by atoms with Gasteiger partial charge in [-0.25, -0.2) is 4.90 Å². The Hall–Kier alpha value is -4.84. The highest BCUT2D eigenvalue weighted by Gasteiger charge is 2.59. The molecule has 10 rings (SSSR count). The fourth-order valence-electron chi connectivity index (χ4n) is 9.80. The molecule has 4 aliphatic heterocycles. The molecule has 0 aromatic heterocycles. The Morgan fingerprint density at radius 3 is 1.54 bits per heavy atom. The molecule has 52 heavy (non-hydrogen) atoms. The van der Waals surface area contributed by atoms with Gasteiger partial charge in [-0.2, -0.15) is 0 Å². The van der Waals surface area contributed by atoms with Crippen LogP contribution >= 0.6 is 0 Å². The molecule has 0 aliphatic carbocycles. The normalized spacial score (nSPS) is 26.7. The first-order chi connectivity index (χ1) is 25.7. The summed E-state index contributed by atoms with van der Waals surface area (Å²) in [5.41, 5.74) is 13.7. The van der Waals surface area contributed by atoms with Gasteiger partial charge in [0, 0.05) is 5.56 Å². The molecular weight excluding hydrogens is 633 g/mol. The highest BCUT2D eigenvalue weighted by atomic mass is 15.6. The third kappa shape index (κ3) is 5.45. The van der Waals surface area contributed by atoms with Crippen molar-refractivity contribution < 1.29 is 0 Å². The summed E-state index contributed by atoms with van der Waals surface area (Å²) in [6.07, 6.45) is 6.39. The van der Waals surface area contributed by atoms with E-state index in [1.807, 2.05) is 0 Å². The predicted molar refractivity (Wildman–Crippen MR) is 209 cm³/mol. The van der Waals surface area contributed by atoms with Crippen LogP contribution in [0.1, 0.15) is 98.8 Å². The topological polar surface area (TPSA) is 39.3 Å². The van der Waals surface area contributed by atoms with E-state index >= 15 is 0 Å². The summed E-state index contributed by atoms with van der Waals surface area (Å²) in [6.45, 7) is 0. The third-order valence-corrected chi connectivity index (χ3v) is 12.2. The maximum Gasteiger partial charge on any atom is 0.156 e. The van der Waals surface area contributed by atoms with Crippen LogP contribution < -0.4 is 16.0 Å². The van der Waals surface area contributed by atoms with E-state index in [0.717, 1.165) is 38.5 Å². The second-order valence-corrected chi connectivity index (χ2v) is 15.2. The zero-order valence-corrected chi connectivity index (χ0v) is 29.6. The van der Waals surface area contributed by atoms with Gasteiger partial charge in [-0.3, -0.25) is 16.0 Å². The van der Waals surface area contributed by atoms with E-state index in [1.165, 1.54) is 55.6 Å². The first-order valence-corrected chi connectivity index (χ1v) is 19.3. The summed E-state index contributed by atoms with van der Waals surface area (Å²) in [6, 6.07) is 59.6. The lowest BCUT2D eigenvalue weighted by molar-refractivity contribution is -0.0124. The minimum absolute atomic E-state index is 0.00919. The average molecular weight is 679 g/mol. The van der Waals surface area contributed by atoms with Gasteiger partial charge in [0.15, 0.2) is 5.79 Å². The Morgan fingerprint density at radius 1 is 0.462 bits per heavy atom. The number of hydrogen-bond donors (Lipinski definition) is 3. The van der Waals surface area contributed by atoms with E-state index in [9.17, 15) is 0 Å². The van der Waals surface area contributed by atoms with Crippen molar-refractivity contribution in [3.8, 4) is 0 Å². The minimum atomic E-state index is -0.724. The summed E-state index contributed by atoms with van der Waals surface area (Å²) < 4.78 is 0. The number of rotatable bonds is 4. The molecule has 5 atom stereocenters. The maximum atomic E-state index is 4.48. The molecule has 3 N–H and O–H groups in total. The Labute approximate surface area is 307 Å². The first-order valence-electron chi connectivity index (χ1n) is 19.3. The largest absolute Gasteiger partial charge is 0.289 e. The lowest BCUT2D eigenvalue weighted by atomic mass is 9.85. The van der Waals surface area contributed by atoms with Crippen LogP contribution in [0.4, 0.5) is 0 Å². The number of benzene rings is 6. The van der Waals surface area contributed by atoms with E-state index in [0.29, 0.717) is 0 Å². The Bertz CT molecular complexity index is 2120. The van der Waals surface area contributed by atoms with Crippen LogP contribution in [0.15, 0.2) is 158 Å². The molecule has 4 heterocycles. The fraction of sp³-hybridized carbons (Fsp3) is 0.250. The monoisotopic (exact) mass is 678 g/mol. The van der Waals surface area contributed by atoms with Crippen LogP contribution in [0.3, 0.4) is 0 Å². The Morgan fingerprint density at radius 2 is 0.942 bits per heavy atom. The molecule has 258 valence electrons. The molecule has 2 saturated heterocycles. The zero-order valence-electron chi connectivity index (χ0n) is 29.6. The van der Waals surface area contributed by atoms with Crippen LogP contribution in [0.25, 0.3) is 0 Å². The highest BCUT2D eigenvalue weighted by Crippen LogP contribution is 2.56. The quantitative estimate of drug-likeness (QED) is 0.174. The molecule has 1 spiro atoms. The average Bonchev–Trinajstić information content (AvgIpc) is 3.81. The van der Waals surface area contributed by atoms with Gasteiger partial charge in [0.05, 0.1) is 30.3 Å². The third-order valence-electron chi connectivity index (χ3n) is 12.2. The van der Waals surface area contributed by atoms with Gasteiger partial charge < -0.3 is 0 Å². The van der Waals surface area contributed by atoms with Crippen molar-refractivity contribution in [2.45, 2.75) is 74.6 Å². The van der Waals surface area contributed by atoms with Gasteiger partial charge in [0.2, 0.25) is 0 Å². The van der Waals surface area contributed by atoms with Gasteiger partial charge in [-0.05, 0) is 88.6 Å². The second-order valence-electron chi connectivity index (χ2n) is 15.2. The number of nitrogens with one attached hydrogen (secondary N) is 3. The van der Waals surface area contributed by atoms with Crippen LogP contribution in [0.2, 0.25) is 0 Å². The van der Waals surface area contributed by atoms with Crippen molar-refractivity contribution in [1.82, 2.24) is 20.9 Å². The molecule has 4 bridgehead atoms. The van der Waals surface area contributed by atoms with Crippen LogP contribution in [-0.4, -0.2) is 4.90 Å². The van der Waals surface area contributed by atoms with E-state index in [-0.39, 0.29) is 30.3 Å². The van der Waals surface area contributed by atoms with Crippen molar-refractivity contribution in [2.24, 2.45) is 0 Å². The van der Waals surface area contributed by atoms with E-state index in [1.54, 1.807) is 0 Å². The molecular formula is C48H46N4. The second kappa shape index (κ2) is 13.3. The Kier molecular flexibility index (Phi) is 8.14. The number of fused-ring (bicyclic) bond motifs is 2. The summed E-state index contributed by atoms with van der Waals surface area (Å²) in [5.74, 6) is -0.724. The summed E-state index contributed by atoms with van der Waals surface area (Å²) in [7, 11) is 0. The van der Waals surface area contributed by atoms with Crippen molar-refractivity contribution in [3.05, 3.63) is 213 Å². The molecule has 6 aromatic rings. The predicted octanol–water partition coefficient (Wildman–Crippen LogP) is 9.54. The van der Waals surface area contributed by atoms with Crippen molar-refractivity contribution in [1.29, 1.82) is 0 Å². The van der Waals surface area contributed by atoms with E-state index in [2.05, 4.69) is 179 Å². The summed E-state index contributed by atoms with van der Waals surface area (Å²) in [5, 5.41) is 13.3. The number of nitrogens with zero attached hydrogens (tertiary/aromatic N) is 1. The molecule has 0 saturated carbocycles. The molecule has 0 amide bonds. The van der Waals surface area contributed by atoms with Gasteiger partial charge in [-0.1, -0.05) is 158 Å². The first kappa shape index (κ1) is 31.9. The van der Waals surface area contributed by atoms with Gasteiger partial charge >= 0.3 is 0 Å². The lowest BCUT2D eigenvalue weighted by Crippen LogP contribution is -2.61. The van der Waals surface area contributed by atoms with Crippen LogP contribution in [-0.2, 0) is 31.5 Å². The molecule has 4 heteroatoms. The molecule has 0 radical (unpaired) electrons. The summed E-state index contributed by atoms with van der Waals surface area (Å²) >= 11 is 0. The van der Waals surface area contributed by atoms with E-state index < -0.39 is 5.79 Å². The smallest absolute Gasteiger partial charge is 0.156 e. The van der Waals surface area contributed by atoms with Crippen LogP contribution in [0.5, 0.6) is 0 Å². The van der Waals surface area contributed by atoms with Crippen molar-refractivity contribution in [2.75, 3.05) is 0 Å². The number of aryl methyl sites for hydroxylation is 4. The molecule has 4 nitrogen and oxygen atoms in total. The Balaban J connectivity index is 1.30. The zero-order chi connectivity index (χ0) is 34.5. The van der Waals surface area contributed by atoms with Gasteiger partial charge in [0.1, 0.15) is 0 Å². The molecule has 4 aliphatic rings. The SMILES string of the molecule is c1ccc(C2NC3(NC2c2ccccc2)c2cc4ccc2CCCc2ccc(cc2C2NC(c5ccccc5)C(c5ccccc5)N23)CCC4)cc1. The summed E-state index contributed by atoms with van der Waals surface area (Å²) in [4.78, 5) is 2.83. The minimum Gasteiger partial charge on any atom is -0.289 e. The van der Waals surface area contributed by atoms with Crippen molar-refractivity contribution >= 4 is 0 Å². The van der Waals surface area contributed by atoms with E-state index in [4.69, 9.17) is 0 Å². The number of hydrogen-bond acceptors (Lipinski definition) is 4. The van der Waals surface area contributed by atoms with Crippen LogP contribution in [0, 0.1) is 0 Å². The van der Waals surface area contributed by atoms with Gasteiger partial charge in [-0.15, -0.1) is 0 Å². The van der Waals surface area contributed by atoms with Crippen molar-refractivity contribution in [3.63, 3.8) is 0 Å². The molecule has 5 unspecified atom stereocenters. The lowest BCUT2D eigenvalue weighted by Gasteiger charge is -2.48. The fourth-order valence-corrected chi connectivity index (χ4v) is 9.80. The van der Waals surface area contributed by atoms with Gasteiger partial charge in [0.25, 0.3) is 0 Å². The highest BCUT2D eigenvalue weighted by molar-refractivity contribution is 5.46. The molecule has 6 aromatic carbocycles. The molecule has 2 fully saturated rings.